The third kappa shape index (κ3) is 4.56. The number of esters is 1. The third-order valence-electron chi connectivity index (χ3n) is 4.71. The predicted molar refractivity (Wildman–Crippen MR) is 115 cm³/mol. The maximum absolute atomic E-state index is 12.8. The van der Waals surface area contributed by atoms with Gasteiger partial charge in [0.2, 0.25) is 0 Å². The average molecular weight is 442 g/mol. The van der Waals surface area contributed by atoms with Gasteiger partial charge in [-0.25, -0.2) is 0 Å². The molecule has 0 N–H and O–H groups in total. The van der Waals surface area contributed by atoms with Crippen LogP contribution in [0, 0.1) is 0 Å². The number of aryl methyl sites for hydroxylation is 1. The first kappa shape index (κ1) is 20.9. The van der Waals surface area contributed by atoms with Gasteiger partial charge in [0.15, 0.2) is 16.3 Å². The van der Waals surface area contributed by atoms with Gasteiger partial charge in [-0.1, -0.05) is 17.4 Å². The zero-order chi connectivity index (χ0) is 21.8. The molecule has 2 aromatic carbocycles. The Kier molecular flexibility index (Phi) is 6.22. The van der Waals surface area contributed by atoms with Gasteiger partial charge in [-0.2, -0.15) is 4.99 Å². The maximum atomic E-state index is 12.8. The molecule has 31 heavy (non-hydrogen) atoms. The third-order valence-corrected chi connectivity index (χ3v) is 5.75. The number of thiazole rings is 1. The zero-order valence-electron chi connectivity index (χ0n) is 17.3. The summed E-state index contributed by atoms with van der Waals surface area (Å²) in [4.78, 5) is 29.6. The van der Waals surface area contributed by atoms with Gasteiger partial charge in [-0.15, -0.1) is 0 Å². The van der Waals surface area contributed by atoms with Crippen molar-refractivity contribution < 1.29 is 28.5 Å². The number of methoxy groups -OCH3 is 1. The molecular weight excluding hydrogens is 420 g/mol. The molecule has 0 atom stereocenters. The van der Waals surface area contributed by atoms with Crippen LogP contribution in [0.4, 0.5) is 0 Å². The Balaban J connectivity index is 1.78. The minimum Gasteiger partial charge on any atom is -0.497 e. The van der Waals surface area contributed by atoms with Gasteiger partial charge in [0.05, 0.1) is 30.4 Å². The summed E-state index contributed by atoms with van der Waals surface area (Å²) in [5.41, 5.74) is 1.23. The molecule has 1 aliphatic heterocycles. The van der Waals surface area contributed by atoms with E-state index in [1.165, 1.54) is 11.3 Å². The van der Waals surface area contributed by atoms with E-state index >= 15 is 0 Å². The number of carbonyl (C=O) groups excluding carboxylic acids is 2. The van der Waals surface area contributed by atoms with E-state index in [4.69, 9.17) is 18.9 Å². The molecule has 0 unspecified atom stereocenters. The number of hydrogen-bond acceptors (Lipinski definition) is 7. The Bertz CT molecular complexity index is 1200. The molecule has 1 aliphatic rings. The summed E-state index contributed by atoms with van der Waals surface area (Å²) < 4.78 is 24.3. The van der Waals surface area contributed by atoms with Gasteiger partial charge < -0.3 is 23.5 Å². The fourth-order valence-electron chi connectivity index (χ4n) is 3.25. The Labute approximate surface area is 182 Å². The molecule has 1 aromatic heterocycles. The first-order valence-corrected chi connectivity index (χ1v) is 10.7. The number of nitrogens with zero attached hydrogens (tertiary/aromatic N) is 2. The molecule has 9 heteroatoms. The fourth-order valence-corrected chi connectivity index (χ4v) is 4.32. The molecule has 0 fully saturated rings. The maximum Gasteiger partial charge on any atom is 0.307 e. The standard InChI is InChI=1S/C22H22N2O6S/c1-3-28-20(25)7-8-24-16-12-17-18(30-10-9-29-17)13-19(16)31-22(24)23-21(26)14-5-4-6-15(11-14)27-2/h4-6,11-13H,3,7-10H2,1-2H3. The lowest BCUT2D eigenvalue weighted by molar-refractivity contribution is -0.143. The van der Waals surface area contributed by atoms with Crippen LogP contribution in [0.1, 0.15) is 23.7 Å². The monoisotopic (exact) mass is 442 g/mol. The number of ether oxygens (including phenoxy) is 4. The molecular formula is C22H22N2O6S. The molecule has 0 saturated heterocycles. The lowest BCUT2D eigenvalue weighted by atomic mass is 10.2. The summed E-state index contributed by atoms with van der Waals surface area (Å²) >= 11 is 1.35. The Morgan fingerprint density at radius 1 is 1.16 bits per heavy atom. The Morgan fingerprint density at radius 2 is 1.94 bits per heavy atom. The average Bonchev–Trinajstić information content (AvgIpc) is 3.11. The van der Waals surface area contributed by atoms with Crippen molar-refractivity contribution in [3.05, 3.63) is 46.8 Å². The van der Waals surface area contributed by atoms with Crippen LogP contribution in [0.5, 0.6) is 17.2 Å². The normalized spacial score (nSPS) is 13.3. The molecule has 0 radical (unpaired) electrons. The lowest BCUT2D eigenvalue weighted by Gasteiger charge is -2.18. The highest BCUT2D eigenvalue weighted by molar-refractivity contribution is 7.16. The van der Waals surface area contributed by atoms with E-state index in [2.05, 4.69) is 4.99 Å². The second-order valence-corrected chi connectivity index (χ2v) is 7.71. The van der Waals surface area contributed by atoms with Crippen LogP contribution in [0.25, 0.3) is 10.2 Å². The molecule has 0 saturated carbocycles. The van der Waals surface area contributed by atoms with E-state index in [1.54, 1.807) is 38.3 Å². The molecule has 0 bridgehead atoms. The van der Waals surface area contributed by atoms with Crippen LogP contribution in [0.15, 0.2) is 41.4 Å². The van der Waals surface area contributed by atoms with Crippen LogP contribution < -0.4 is 19.0 Å². The van der Waals surface area contributed by atoms with Crippen molar-refractivity contribution in [1.82, 2.24) is 4.57 Å². The van der Waals surface area contributed by atoms with Crippen LogP contribution in [0.3, 0.4) is 0 Å². The first-order valence-electron chi connectivity index (χ1n) is 9.90. The minimum absolute atomic E-state index is 0.161. The Morgan fingerprint density at radius 3 is 2.68 bits per heavy atom. The predicted octanol–water partition coefficient (Wildman–Crippen LogP) is 3.18. The molecule has 2 heterocycles. The van der Waals surface area contributed by atoms with Crippen molar-refractivity contribution in [2.24, 2.45) is 4.99 Å². The summed E-state index contributed by atoms with van der Waals surface area (Å²) in [6, 6.07) is 10.6. The van der Waals surface area contributed by atoms with E-state index < -0.39 is 5.91 Å². The summed E-state index contributed by atoms with van der Waals surface area (Å²) in [5.74, 6) is 1.16. The highest BCUT2D eigenvalue weighted by Crippen LogP contribution is 2.35. The first-order chi connectivity index (χ1) is 15.1. The molecule has 8 nitrogen and oxygen atoms in total. The molecule has 4 rings (SSSR count). The van der Waals surface area contributed by atoms with Crippen molar-refractivity contribution >= 4 is 33.4 Å². The fraction of sp³-hybridized carbons (Fsp3) is 0.318. The van der Waals surface area contributed by atoms with Gasteiger partial charge >= 0.3 is 5.97 Å². The van der Waals surface area contributed by atoms with Gasteiger partial charge in [0.1, 0.15) is 19.0 Å². The van der Waals surface area contributed by atoms with Gasteiger partial charge in [0.25, 0.3) is 5.91 Å². The molecule has 0 spiro atoms. The number of benzene rings is 2. The number of fused-ring (bicyclic) bond motifs is 2. The highest BCUT2D eigenvalue weighted by Gasteiger charge is 2.18. The topological polar surface area (TPSA) is 88.4 Å². The summed E-state index contributed by atoms with van der Waals surface area (Å²) in [7, 11) is 1.54. The highest BCUT2D eigenvalue weighted by atomic mass is 32.1. The Hall–Kier alpha value is -3.33. The van der Waals surface area contributed by atoms with Crippen LogP contribution in [-0.4, -0.2) is 43.4 Å². The molecule has 0 aliphatic carbocycles. The largest absolute Gasteiger partial charge is 0.497 e. The minimum atomic E-state index is -0.396. The van der Waals surface area contributed by atoms with Gasteiger partial charge in [0, 0.05) is 24.2 Å². The van der Waals surface area contributed by atoms with E-state index in [0.717, 1.165) is 10.2 Å². The molecule has 162 valence electrons. The van der Waals surface area contributed by atoms with Gasteiger partial charge in [-0.3, -0.25) is 9.59 Å². The summed E-state index contributed by atoms with van der Waals surface area (Å²) in [6.45, 7) is 3.36. The molecule has 3 aromatic rings. The quantitative estimate of drug-likeness (QED) is 0.545. The lowest BCUT2D eigenvalue weighted by Crippen LogP contribution is -2.20. The van der Waals surface area contributed by atoms with Crippen LogP contribution in [0.2, 0.25) is 0 Å². The van der Waals surface area contributed by atoms with Gasteiger partial charge in [-0.05, 0) is 25.1 Å². The number of rotatable bonds is 6. The number of amides is 1. The van der Waals surface area contributed by atoms with E-state index in [9.17, 15) is 9.59 Å². The number of carbonyl (C=O) groups is 2. The van der Waals surface area contributed by atoms with E-state index in [-0.39, 0.29) is 12.4 Å². The van der Waals surface area contributed by atoms with Crippen LogP contribution in [-0.2, 0) is 16.1 Å². The zero-order valence-corrected chi connectivity index (χ0v) is 18.1. The number of hydrogen-bond donors (Lipinski definition) is 0. The van der Waals surface area contributed by atoms with Crippen molar-refractivity contribution in [2.45, 2.75) is 19.9 Å². The van der Waals surface area contributed by atoms with Crippen molar-refractivity contribution in [1.29, 1.82) is 0 Å². The van der Waals surface area contributed by atoms with E-state index in [0.29, 0.717) is 54.0 Å². The number of aromatic nitrogens is 1. The summed E-state index contributed by atoms with van der Waals surface area (Å²) in [5, 5.41) is 0. The molecule has 1 amide bonds. The van der Waals surface area contributed by atoms with E-state index in [1.807, 2.05) is 16.7 Å². The second-order valence-electron chi connectivity index (χ2n) is 6.70. The smallest absolute Gasteiger partial charge is 0.307 e. The second kappa shape index (κ2) is 9.22. The SMILES string of the molecule is CCOC(=O)CCn1c(=NC(=O)c2cccc(OC)c2)sc2cc3c(cc21)OCCO3. The van der Waals surface area contributed by atoms with Crippen LogP contribution >= 0.6 is 11.3 Å². The van der Waals surface area contributed by atoms with Crippen molar-refractivity contribution in [2.75, 3.05) is 26.9 Å². The summed E-state index contributed by atoms with van der Waals surface area (Å²) in [6.07, 6.45) is 0.161. The van der Waals surface area contributed by atoms with Crippen molar-refractivity contribution in [3.8, 4) is 17.2 Å². The van der Waals surface area contributed by atoms with Crippen molar-refractivity contribution in [3.63, 3.8) is 0 Å².